The second-order valence-corrected chi connectivity index (χ2v) is 5.48. The molecule has 0 heterocycles. The number of hydrogen-bond donors (Lipinski definition) is 3. The van der Waals surface area contributed by atoms with Crippen molar-refractivity contribution in [1.29, 1.82) is 5.41 Å². The summed E-state index contributed by atoms with van der Waals surface area (Å²) in [4.78, 5) is 0. The van der Waals surface area contributed by atoms with Crippen LogP contribution >= 0.6 is 0 Å². The molecule has 3 aromatic carbocycles. The Morgan fingerprint density at radius 2 is 1.61 bits per heavy atom. The molecule has 4 nitrogen and oxygen atoms in total. The Kier molecular flexibility index (Phi) is 4.15. The largest absolute Gasteiger partial charge is 0.493 e. The highest BCUT2D eigenvalue weighted by Gasteiger charge is 2.02. The minimum atomic E-state index is 0.0794. The molecule has 0 fully saturated rings. The fourth-order valence-corrected chi connectivity index (χ4v) is 2.45. The average Bonchev–Trinajstić information content (AvgIpc) is 2.56. The lowest BCUT2D eigenvalue weighted by atomic mass is 10.1. The number of benzene rings is 3. The zero-order valence-corrected chi connectivity index (χ0v) is 12.8. The lowest BCUT2D eigenvalue weighted by molar-refractivity contribution is 0.322. The average molecular weight is 305 g/mol. The smallest absolute Gasteiger partial charge is 0.122 e. The Morgan fingerprint density at radius 1 is 0.913 bits per heavy atom. The van der Waals surface area contributed by atoms with E-state index in [1.165, 1.54) is 5.56 Å². The first-order valence-corrected chi connectivity index (χ1v) is 7.47. The molecular weight excluding hydrogens is 286 g/mol. The van der Waals surface area contributed by atoms with Crippen molar-refractivity contribution in [2.75, 3.05) is 12.3 Å². The van der Waals surface area contributed by atoms with Crippen molar-refractivity contribution >= 4 is 22.3 Å². The predicted molar refractivity (Wildman–Crippen MR) is 95.0 cm³/mol. The molecule has 0 radical (unpaired) electrons. The van der Waals surface area contributed by atoms with Gasteiger partial charge in [0.15, 0.2) is 0 Å². The number of nitrogens with one attached hydrogen (secondary N) is 1. The molecule has 0 aliphatic rings. The van der Waals surface area contributed by atoms with Gasteiger partial charge in [0.2, 0.25) is 0 Å². The van der Waals surface area contributed by atoms with E-state index < -0.39 is 0 Å². The van der Waals surface area contributed by atoms with Crippen LogP contribution in [0, 0.1) is 5.41 Å². The number of anilines is 1. The SMILES string of the molecule is N=C(N)c1ccc2cc(OCCc3ccc(N)cc3)ccc2c1. The van der Waals surface area contributed by atoms with E-state index in [1.54, 1.807) is 0 Å². The summed E-state index contributed by atoms with van der Waals surface area (Å²) in [7, 11) is 0. The maximum Gasteiger partial charge on any atom is 0.122 e. The van der Waals surface area contributed by atoms with Crippen LogP contribution in [0.4, 0.5) is 5.69 Å². The van der Waals surface area contributed by atoms with Crippen LogP contribution in [0.25, 0.3) is 10.8 Å². The summed E-state index contributed by atoms with van der Waals surface area (Å²) in [5, 5.41) is 9.60. The molecular formula is C19H19N3O. The second kappa shape index (κ2) is 6.40. The van der Waals surface area contributed by atoms with Gasteiger partial charge in [-0.15, -0.1) is 0 Å². The molecule has 0 bridgehead atoms. The zero-order valence-electron chi connectivity index (χ0n) is 12.8. The molecule has 3 rings (SSSR count). The molecule has 4 heteroatoms. The number of rotatable bonds is 5. The molecule has 23 heavy (non-hydrogen) atoms. The van der Waals surface area contributed by atoms with Gasteiger partial charge < -0.3 is 16.2 Å². The molecule has 116 valence electrons. The van der Waals surface area contributed by atoms with Crippen molar-refractivity contribution in [1.82, 2.24) is 0 Å². The van der Waals surface area contributed by atoms with Gasteiger partial charge in [-0.1, -0.05) is 30.3 Å². The standard InChI is InChI=1S/C19H19N3O/c20-17-6-1-13(2-7-17)9-10-23-18-8-5-14-11-16(19(21)22)4-3-15(14)12-18/h1-8,11-12H,9-10,20H2,(H3,21,22). The first-order chi connectivity index (χ1) is 11.1. The van der Waals surface area contributed by atoms with Crippen molar-refractivity contribution in [3.8, 4) is 5.75 Å². The van der Waals surface area contributed by atoms with Crippen molar-refractivity contribution in [3.05, 3.63) is 71.8 Å². The maximum absolute atomic E-state index is 7.48. The third kappa shape index (κ3) is 3.61. The van der Waals surface area contributed by atoms with Gasteiger partial charge in [-0.05, 0) is 46.7 Å². The summed E-state index contributed by atoms with van der Waals surface area (Å²) < 4.78 is 5.83. The van der Waals surface area contributed by atoms with E-state index in [2.05, 4.69) is 0 Å². The van der Waals surface area contributed by atoms with Gasteiger partial charge in [0.25, 0.3) is 0 Å². The summed E-state index contributed by atoms with van der Waals surface area (Å²) >= 11 is 0. The highest BCUT2D eigenvalue weighted by atomic mass is 16.5. The van der Waals surface area contributed by atoms with E-state index in [0.29, 0.717) is 6.61 Å². The predicted octanol–water partition coefficient (Wildman–Crippen LogP) is 3.33. The molecule has 3 aromatic rings. The van der Waals surface area contributed by atoms with Crippen LogP contribution in [0.2, 0.25) is 0 Å². The number of nitrogens with two attached hydrogens (primary N) is 2. The van der Waals surface area contributed by atoms with E-state index in [-0.39, 0.29) is 5.84 Å². The van der Waals surface area contributed by atoms with Gasteiger partial charge in [0, 0.05) is 17.7 Å². The van der Waals surface area contributed by atoms with Crippen LogP contribution in [0.5, 0.6) is 5.75 Å². The van der Waals surface area contributed by atoms with Crippen LogP contribution in [0.3, 0.4) is 0 Å². The summed E-state index contributed by atoms with van der Waals surface area (Å²) in [6.07, 6.45) is 0.835. The van der Waals surface area contributed by atoms with Crippen molar-refractivity contribution in [2.45, 2.75) is 6.42 Å². The van der Waals surface area contributed by atoms with Crippen LogP contribution in [0.1, 0.15) is 11.1 Å². The second-order valence-electron chi connectivity index (χ2n) is 5.48. The van der Waals surface area contributed by atoms with Crippen LogP contribution in [-0.2, 0) is 6.42 Å². The van der Waals surface area contributed by atoms with Crippen molar-refractivity contribution < 1.29 is 4.74 Å². The van der Waals surface area contributed by atoms with Gasteiger partial charge >= 0.3 is 0 Å². The van der Waals surface area contributed by atoms with E-state index in [1.807, 2.05) is 60.7 Å². The van der Waals surface area contributed by atoms with Gasteiger partial charge in [-0.3, -0.25) is 5.41 Å². The Labute approximate surface area is 135 Å². The molecule has 0 spiro atoms. The Hall–Kier alpha value is -3.01. The number of fused-ring (bicyclic) bond motifs is 1. The Bertz CT molecular complexity index is 841. The number of amidine groups is 1. The number of hydrogen-bond acceptors (Lipinski definition) is 3. The molecule has 0 atom stereocenters. The van der Waals surface area contributed by atoms with Crippen molar-refractivity contribution in [3.63, 3.8) is 0 Å². The summed E-state index contributed by atoms with van der Waals surface area (Å²) in [6.45, 7) is 0.612. The van der Waals surface area contributed by atoms with Crippen molar-refractivity contribution in [2.24, 2.45) is 5.73 Å². The highest BCUT2D eigenvalue weighted by molar-refractivity contribution is 5.99. The Balaban J connectivity index is 1.67. The summed E-state index contributed by atoms with van der Waals surface area (Å²) in [6, 6.07) is 19.5. The fourth-order valence-electron chi connectivity index (χ4n) is 2.45. The van der Waals surface area contributed by atoms with Gasteiger partial charge in [-0.25, -0.2) is 0 Å². The lowest BCUT2D eigenvalue weighted by Gasteiger charge is -2.08. The van der Waals surface area contributed by atoms with E-state index in [9.17, 15) is 0 Å². The fraction of sp³-hybridized carbons (Fsp3) is 0.105. The number of nitrogen functional groups attached to an aromatic ring is 2. The minimum Gasteiger partial charge on any atom is -0.493 e. The topological polar surface area (TPSA) is 85.1 Å². The molecule has 0 saturated heterocycles. The zero-order chi connectivity index (χ0) is 16.2. The molecule has 0 amide bonds. The molecule has 0 aromatic heterocycles. The molecule has 5 N–H and O–H groups in total. The van der Waals surface area contributed by atoms with Gasteiger partial charge in [-0.2, -0.15) is 0 Å². The lowest BCUT2D eigenvalue weighted by Crippen LogP contribution is -2.10. The minimum absolute atomic E-state index is 0.0794. The number of ether oxygens (including phenoxy) is 1. The first kappa shape index (κ1) is 14.9. The summed E-state index contributed by atoms with van der Waals surface area (Å²) in [5.41, 5.74) is 13.9. The molecule has 0 unspecified atom stereocenters. The maximum atomic E-state index is 7.48. The highest BCUT2D eigenvalue weighted by Crippen LogP contribution is 2.22. The normalized spacial score (nSPS) is 10.6. The van der Waals surface area contributed by atoms with E-state index in [4.69, 9.17) is 21.6 Å². The van der Waals surface area contributed by atoms with Gasteiger partial charge in [0.1, 0.15) is 11.6 Å². The Morgan fingerprint density at radius 3 is 2.35 bits per heavy atom. The van der Waals surface area contributed by atoms with Crippen LogP contribution in [-0.4, -0.2) is 12.4 Å². The monoisotopic (exact) mass is 305 g/mol. The van der Waals surface area contributed by atoms with Crippen LogP contribution in [0.15, 0.2) is 60.7 Å². The van der Waals surface area contributed by atoms with E-state index >= 15 is 0 Å². The van der Waals surface area contributed by atoms with E-state index in [0.717, 1.165) is 34.2 Å². The first-order valence-electron chi connectivity index (χ1n) is 7.47. The quantitative estimate of drug-likeness (QED) is 0.384. The molecule has 0 aliphatic heterocycles. The summed E-state index contributed by atoms with van der Waals surface area (Å²) in [5.74, 6) is 0.916. The molecule has 0 aliphatic carbocycles. The third-order valence-electron chi connectivity index (χ3n) is 3.76. The van der Waals surface area contributed by atoms with Gasteiger partial charge in [0.05, 0.1) is 6.61 Å². The molecule has 0 saturated carbocycles. The third-order valence-corrected chi connectivity index (χ3v) is 3.76. The van der Waals surface area contributed by atoms with Crippen LogP contribution < -0.4 is 16.2 Å².